The van der Waals surface area contributed by atoms with Crippen molar-refractivity contribution in [3.8, 4) is 0 Å². The SMILES string of the molecule is O=S(=O)(c1cnc2n1CCC2)N1CCNCC1c1cccc(Cl)c1. The number of aryl methyl sites for hydroxylation is 1. The third-order valence-corrected chi connectivity index (χ3v) is 6.83. The maximum atomic E-state index is 13.3. The predicted octanol–water partition coefficient (Wildman–Crippen LogP) is 1.82. The van der Waals surface area contributed by atoms with Crippen LogP contribution in [0.15, 0.2) is 35.5 Å². The highest BCUT2D eigenvalue weighted by molar-refractivity contribution is 7.89. The van der Waals surface area contributed by atoms with Gasteiger partial charge in [-0.2, -0.15) is 4.31 Å². The summed E-state index contributed by atoms with van der Waals surface area (Å²) in [6.07, 6.45) is 3.29. The summed E-state index contributed by atoms with van der Waals surface area (Å²) in [4.78, 5) is 4.29. The minimum absolute atomic E-state index is 0.269. The minimum atomic E-state index is -3.60. The summed E-state index contributed by atoms with van der Waals surface area (Å²) in [5, 5.41) is 4.20. The first-order valence-electron chi connectivity index (χ1n) is 8.10. The van der Waals surface area contributed by atoms with E-state index < -0.39 is 10.0 Å². The highest BCUT2D eigenvalue weighted by Gasteiger charge is 2.37. The minimum Gasteiger partial charge on any atom is -0.318 e. The van der Waals surface area contributed by atoms with Crippen LogP contribution < -0.4 is 5.32 Å². The van der Waals surface area contributed by atoms with Crippen molar-refractivity contribution in [2.75, 3.05) is 19.6 Å². The predicted molar refractivity (Wildman–Crippen MR) is 91.5 cm³/mol. The van der Waals surface area contributed by atoms with Gasteiger partial charge in [-0.1, -0.05) is 23.7 Å². The number of fused-ring (bicyclic) bond motifs is 1. The molecule has 128 valence electrons. The van der Waals surface area contributed by atoms with Crippen molar-refractivity contribution < 1.29 is 8.42 Å². The Morgan fingerprint density at radius 2 is 2.17 bits per heavy atom. The molecule has 0 spiro atoms. The van der Waals surface area contributed by atoms with E-state index >= 15 is 0 Å². The van der Waals surface area contributed by atoms with Crippen molar-refractivity contribution in [3.05, 3.63) is 46.9 Å². The Bertz CT molecular complexity index is 865. The number of rotatable bonds is 3. The summed E-state index contributed by atoms with van der Waals surface area (Å²) < 4.78 is 30.0. The average molecular weight is 367 g/mol. The molecular weight excluding hydrogens is 348 g/mol. The topological polar surface area (TPSA) is 67.2 Å². The first-order chi connectivity index (χ1) is 11.6. The summed E-state index contributed by atoms with van der Waals surface area (Å²) in [7, 11) is -3.60. The molecule has 0 bridgehead atoms. The molecule has 1 saturated heterocycles. The lowest BCUT2D eigenvalue weighted by molar-refractivity contribution is 0.270. The lowest BCUT2D eigenvalue weighted by Gasteiger charge is -2.35. The van der Waals surface area contributed by atoms with Gasteiger partial charge in [-0.25, -0.2) is 13.4 Å². The summed E-state index contributed by atoms with van der Waals surface area (Å²) >= 11 is 6.10. The van der Waals surface area contributed by atoms with Crippen LogP contribution in [-0.2, 0) is 23.0 Å². The van der Waals surface area contributed by atoms with Crippen LogP contribution in [0, 0.1) is 0 Å². The van der Waals surface area contributed by atoms with E-state index in [2.05, 4.69) is 10.3 Å². The van der Waals surface area contributed by atoms with Crippen LogP contribution in [0.1, 0.15) is 23.9 Å². The lowest BCUT2D eigenvalue weighted by Crippen LogP contribution is -2.48. The maximum absolute atomic E-state index is 13.3. The van der Waals surface area contributed by atoms with Gasteiger partial charge in [0.1, 0.15) is 5.82 Å². The molecule has 1 fully saturated rings. The van der Waals surface area contributed by atoms with Crippen LogP contribution in [0.5, 0.6) is 0 Å². The van der Waals surface area contributed by atoms with Crippen molar-refractivity contribution in [2.45, 2.75) is 30.5 Å². The molecule has 1 atom stereocenters. The van der Waals surface area contributed by atoms with Gasteiger partial charge < -0.3 is 9.88 Å². The fraction of sp³-hybridized carbons (Fsp3) is 0.438. The van der Waals surface area contributed by atoms with E-state index in [-0.39, 0.29) is 6.04 Å². The first-order valence-corrected chi connectivity index (χ1v) is 9.91. The third kappa shape index (κ3) is 2.65. The first kappa shape index (κ1) is 16.1. The number of hydrogen-bond donors (Lipinski definition) is 1. The van der Waals surface area contributed by atoms with E-state index in [1.807, 2.05) is 22.8 Å². The Balaban J connectivity index is 1.74. The van der Waals surface area contributed by atoms with Gasteiger partial charge in [0.15, 0.2) is 5.03 Å². The largest absolute Gasteiger partial charge is 0.318 e. The number of imidazole rings is 1. The molecule has 24 heavy (non-hydrogen) atoms. The summed E-state index contributed by atoms with van der Waals surface area (Å²) in [6, 6.07) is 7.14. The van der Waals surface area contributed by atoms with Crippen molar-refractivity contribution in [3.63, 3.8) is 0 Å². The molecule has 2 aliphatic heterocycles. The number of aromatic nitrogens is 2. The number of halogens is 1. The molecule has 1 aromatic carbocycles. The molecule has 6 nitrogen and oxygen atoms in total. The van der Waals surface area contributed by atoms with Gasteiger partial charge in [0.25, 0.3) is 10.0 Å². The van der Waals surface area contributed by atoms with E-state index in [0.717, 1.165) is 30.8 Å². The number of sulfonamides is 1. The zero-order valence-corrected chi connectivity index (χ0v) is 14.7. The molecule has 2 aliphatic rings. The quantitative estimate of drug-likeness (QED) is 0.899. The van der Waals surface area contributed by atoms with Gasteiger partial charge >= 0.3 is 0 Å². The number of piperazine rings is 1. The number of nitrogens with zero attached hydrogens (tertiary/aromatic N) is 3. The van der Waals surface area contributed by atoms with Crippen LogP contribution in [-0.4, -0.2) is 41.9 Å². The molecule has 1 unspecified atom stereocenters. The Morgan fingerprint density at radius 1 is 1.29 bits per heavy atom. The molecule has 8 heteroatoms. The molecule has 0 saturated carbocycles. The fourth-order valence-corrected chi connectivity index (χ4v) is 5.49. The molecule has 0 amide bonds. The van der Waals surface area contributed by atoms with Crippen LogP contribution in [0.4, 0.5) is 0 Å². The molecular formula is C16H19ClN4O2S. The monoisotopic (exact) mass is 366 g/mol. The standard InChI is InChI=1S/C16H19ClN4O2S/c17-13-4-1-3-12(9-13)14-10-18-6-8-21(14)24(22,23)16-11-19-15-5-2-7-20(15)16/h1,3-4,9,11,14,18H,2,5-8,10H2. The molecule has 0 radical (unpaired) electrons. The molecule has 1 aromatic heterocycles. The molecule has 3 heterocycles. The molecule has 0 aliphatic carbocycles. The second kappa shape index (κ2) is 6.15. The van der Waals surface area contributed by atoms with Gasteiger partial charge in [0.2, 0.25) is 0 Å². The van der Waals surface area contributed by atoms with Crippen LogP contribution in [0.25, 0.3) is 0 Å². The van der Waals surface area contributed by atoms with Gasteiger partial charge in [0.05, 0.1) is 12.2 Å². The highest BCUT2D eigenvalue weighted by Crippen LogP contribution is 2.31. The lowest BCUT2D eigenvalue weighted by atomic mass is 10.1. The van der Waals surface area contributed by atoms with E-state index in [1.165, 1.54) is 6.20 Å². The van der Waals surface area contributed by atoms with Crippen LogP contribution >= 0.6 is 11.6 Å². The Labute approximate surface area is 146 Å². The van der Waals surface area contributed by atoms with E-state index in [4.69, 9.17) is 11.6 Å². The normalized spacial score (nSPS) is 21.8. The average Bonchev–Trinajstić information content (AvgIpc) is 3.18. The Kier molecular flexibility index (Phi) is 4.12. The third-order valence-electron chi connectivity index (χ3n) is 4.68. The zero-order valence-electron chi connectivity index (χ0n) is 13.2. The number of nitrogens with one attached hydrogen (secondary N) is 1. The van der Waals surface area contributed by atoms with Crippen LogP contribution in [0.2, 0.25) is 5.02 Å². The summed E-state index contributed by atoms with van der Waals surface area (Å²) in [5.41, 5.74) is 0.902. The molecule has 1 N–H and O–H groups in total. The van der Waals surface area contributed by atoms with Gasteiger partial charge in [-0.15, -0.1) is 0 Å². The van der Waals surface area contributed by atoms with Crippen molar-refractivity contribution in [2.24, 2.45) is 0 Å². The van der Waals surface area contributed by atoms with Gasteiger partial charge in [-0.05, 0) is 24.1 Å². The number of hydrogen-bond acceptors (Lipinski definition) is 4. The second-order valence-corrected chi connectivity index (χ2v) is 8.43. The maximum Gasteiger partial charge on any atom is 0.260 e. The summed E-state index contributed by atoms with van der Waals surface area (Å²) in [5.74, 6) is 0.864. The smallest absolute Gasteiger partial charge is 0.260 e. The fourth-order valence-electron chi connectivity index (χ4n) is 3.53. The van der Waals surface area contributed by atoms with E-state index in [1.54, 1.807) is 10.4 Å². The highest BCUT2D eigenvalue weighted by atomic mass is 35.5. The molecule has 2 aromatic rings. The number of benzene rings is 1. The van der Waals surface area contributed by atoms with Crippen molar-refractivity contribution in [1.29, 1.82) is 0 Å². The summed E-state index contributed by atoms with van der Waals surface area (Å²) in [6.45, 7) is 2.36. The van der Waals surface area contributed by atoms with Crippen LogP contribution in [0.3, 0.4) is 0 Å². The Morgan fingerprint density at radius 3 is 3.00 bits per heavy atom. The van der Waals surface area contributed by atoms with Crippen molar-refractivity contribution in [1.82, 2.24) is 19.2 Å². The van der Waals surface area contributed by atoms with Crippen molar-refractivity contribution >= 4 is 21.6 Å². The van der Waals surface area contributed by atoms with E-state index in [0.29, 0.717) is 29.7 Å². The van der Waals surface area contributed by atoms with E-state index in [9.17, 15) is 8.42 Å². The second-order valence-electron chi connectivity index (χ2n) is 6.16. The Hall–Kier alpha value is -1.41. The van der Waals surface area contributed by atoms with Gasteiger partial charge in [-0.3, -0.25) is 0 Å². The van der Waals surface area contributed by atoms with Gasteiger partial charge in [0, 0.05) is 37.6 Å². The molecule has 4 rings (SSSR count). The zero-order chi connectivity index (χ0) is 16.7.